The van der Waals surface area contributed by atoms with Crippen LogP contribution in [0.3, 0.4) is 0 Å². The highest BCUT2D eigenvalue weighted by molar-refractivity contribution is 7.89. The van der Waals surface area contributed by atoms with Crippen molar-refractivity contribution in [3.63, 3.8) is 0 Å². The van der Waals surface area contributed by atoms with Crippen LogP contribution in [0, 0.1) is 0 Å². The van der Waals surface area contributed by atoms with Crippen molar-refractivity contribution in [1.29, 1.82) is 0 Å². The summed E-state index contributed by atoms with van der Waals surface area (Å²) in [6.07, 6.45) is 3.09. The molecule has 26 heavy (non-hydrogen) atoms. The third kappa shape index (κ3) is 4.43. The molecule has 2 aromatic rings. The first kappa shape index (κ1) is 18.4. The largest absolute Gasteiger partial charge is 0.472 e. The Morgan fingerprint density at radius 2 is 1.81 bits per heavy atom. The zero-order valence-corrected chi connectivity index (χ0v) is 15.3. The van der Waals surface area contributed by atoms with Crippen LogP contribution in [0.5, 0.6) is 0 Å². The lowest BCUT2D eigenvalue weighted by molar-refractivity contribution is 0.222. The Hall–Kier alpha value is -2.36. The lowest BCUT2D eigenvalue weighted by atomic mass is 10.3. The molecule has 0 aliphatic carbocycles. The number of hydrogen-bond donors (Lipinski definition) is 2. The summed E-state index contributed by atoms with van der Waals surface area (Å²) in [6, 6.07) is 7.58. The first-order valence-corrected chi connectivity index (χ1v) is 9.74. The first-order chi connectivity index (χ1) is 12.4. The fourth-order valence-electron chi connectivity index (χ4n) is 2.64. The molecule has 1 saturated heterocycles. The van der Waals surface area contributed by atoms with Crippen molar-refractivity contribution in [1.82, 2.24) is 14.5 Å². The Balaban J connectivity index is 1.58. The summed E-state index contributed by atoms with van der Waals surface area (Å²) < 4.78 is 31.7. The number of urea groups is 1. The number of rotatable bonds is 5. The highest BCUT2D eigenvalue weighted by Crippen LogP contribution is 2.19. The molecular weight excluding hydrogens is 356 g/mol. The zero-order valence-electron chi connectivity index (χ0n) is 14.5. The molecule has 2 N–H and O–H groups in total. The van der Waals surface area contributed by atoms with E-state index in [9.17, 15) is 13.2 Å². The number of amides is 2. The van der Waals surface area contributed by atoms with Crippen LogP contribution in [0.4, 0.5) is 10.5 Å². The minimum absolute atomic E-state index is 0.228. The summed E-state index contributed by atoms with van der Waals surface area (Å²) in [5, 5.41) is 5.37. The molecule has 8 nitrogen and oxygen atoms in total. The lowest BCUT2D eigenvalue weighted by Crippen LogP contribution is -2.46. The second kappa shape index (κ2) is 7.90. The van der Waals surface area contributed by atoms with Gasteiger partial charge in [-0.15, -0.1) is 0 Å². The fraction of sp³-hybridized carbons (Fsp3) is 0.353. The van der Waals surface area contributed by atoms with E-state index in [1.807, 2.05) is 7.05 Å². The average Bonchev–Trinajstić information content (AvgIpc) is 3.14. The van der Waals surface area contributed by atoms with Gasteiger partial charge in [-0.25, -0.2) is 13.2 Å². The van der Waals surface area contributed by atoms with Crippen LogP contribution in [-0.2, 0) is 16.6 Å². The van der Waals surface area contributed by atoms with E-state index >= 15 is 0 Å². The van der Waals surface area contributed by atoms with E-state index in [0.717, 1.165) is 18.7 Å². The number of hydrogen-bond acceptors (Lipinski definition) is 5. The molecule has 1 aliphatic rings. The van der Waals surface area contributed by atoms with Crippen LogP contribution < -0.4 is 10.6 Å². The minimum atomic E-state index is -3.50. The summed E-state index contributed by atoms with van der Waals surface area (Å²) >= 11 is 0. The van der Waals surface area contributed by atoms with Gasteiger partial charge >= 0.3 is 6.03 Å². The van der Waals surface area contributed by atoms with Gasteiger partial charge in [0.2, 0.25) is 10.0 Å². The molecular formula is C17H22N4O4S. The molecule has 2 amide bonds. The van der Waals surface area contributed by atoms with Gasteiger partial charge in [-0.1, -0.05) is 0 Å². The molecule has 1 fully saturated rings. The Bertz CT molecular complexity index is 826. The summed E-state index contributed by atoms with van der Waals surface area (Å²) in [6.45, 7) is 2.74. The van der Waals surface area contributed by atoms with Crippen molar-refractivity contribution in [2.75, 3.05) is 38.5 Å². The predicted molar refractivity (Wildman–Crippen MR) is 97.3 cm³/mol. The SMILES string of the molecule is CN1CCN(S(=O)(=O)c2ccc(NC(=O)NCc3ccoc3)cc2)CC1. The standard InChI is InChI=1S/C17H22N4O4S/c1-20-7-9-21(10-8-20)26(23,24)16-4-2-15(3-5-16)19-17(22)18-12-14-6-11-25-13-14/h2-6,11,13H,7-10,12H2,1H3,(H2,18,19,22). The quantitative estimate of drug-likeness (QED) is 0.823. The highest BCUT2D eigenvalue weighted by Gasteiger charge is 2.27. The van der Waals surface area contributed by atoms with Gasteiger partial charge in [0, 0.05) is 44.0 Å². The van der Waals surface area contributed by atoms with Gasteiger partial charge in [0.05, 0.1) is 17.4 Å². The normalized spacial score (nSPS) is 16.3. The van der Waals surface area contributed by atoms with E-state index in [1.165, 1.54) is 22.7 Å². The summed E-state index contributed by atoms with van der Waals surface area (Å²) in [4.78, 5) is 14.2. The number of piperazine rings is 1. The molecule has 2 heterocycles. The van der Waals surface area contributed by atoms with Crippen LogP contribution in [-0.4, -0.2) is 56.9 Å². The minimum Gasteiger partial charge on any atom is -0.472 e. The van der Waals surface area contributed by atoms with Gasteiger partial charge < -0.3 is 20.0 Å². The highest BCUT2D eigenvalue weighted by atomic mass is 32.2. The van der Waals surface area contributed by atoms with Crippen molar-refractivity contribution < 1.29 is 17.6 Å². The second-order valence-electron chi connectivity index (χ2n) is 6.17. The predicted octanol–water partition coefficient (Wildman–Crippen LogP) is 1.54. The summed E-state index contributed by atoms with van der Waals surface area (Å²) in [5.41, 5.74) is 1.38. The Labute approximate surface area is 152 Å². The van der Waals surface area contributed by atoms with E-state index in [4.69, 9.17) is 4.42 Å². The maximum atomic E-state index is 12.7. The lowest BCUT2D eigenvalue weighted by Gasteiger charge is -2.31. The van der Waals surface area contributed by atoms with Crippen molar-refractivity contribution in [3.05, 3.63) is 48.4 Å². The van der Waals surface area contributed by atoms with Gasteiger partial charge in [-0.2, -0.15) is 4.31 Å². The molecule has 0 radical (unpaired) electrons. The Kier molecular flexibility index (Phi) is 5.60. The number of nitrogens with zero attached hydrogens (tertiary/aromatic N) is 2. The third-order valence-corrected chi connectivity index (χ3v) is 6.16. The fourth-order valence-corrected chi connectivity index (χ4v) is 4.06. The van der Waals surface area contributed by atoms with Crippen LogP contribution >= 0.6 is 0 Å². The molecule has 0 unspecified atom stereocenters. The van der Waals surface area contributed by atoms with Crippen molar-refractivity contribution in [2.45, 2.75) is 11.4 Å². The molecule has 0 spiro atoms. The molecule has 0 saturated carbocycles. The number of sulfonamides is 1. The van der Waals surface area contributed by atoms with Gasteiger partial charge in [0.15, 0.2) is 0 Å². The number of carbonyl (C=O) groups is 1. The van der Waals surface area contributed by atoms with Crippen molar-refractivity contribution >= 4 is 21.7 Å². The Morgan fingerprint density at radius 1 is 1.12 bits per heavy atom. The molecule has 3 rings (SSSR count). The first-order valence-electron chi connectivity index (χ1n) is 8.30. The summed E-state index contributed by atoms with van der Waals surface area (Å²) in [5.74, 6) is 0. The maximum Gasteiger partial charge on any atom is 0.319 e. The Morgan fingerprint density at radius 3 is 2.42 bits per heavy atom. The molecule has 1 aromatic heterocycles. The van der Waals surface area contributed by atoms with Crippen molar-refractivity contribution in [2.24, 2.45) is 0 Å². The smallest absolute Gasteiger partial charge is 0.319 e. The maximum absolute atomic E-state index is 12.7. The van der Waals surface area contributed by atoms with Crippen molar-refractivity contribution in [3.8, 4) is 0 Å². The average molecular weight is 378 g/mol. The van der Waals surface area contributed by atoms with Crippen LogP contribution in [0.25, 0.3) is 0 Å². The number of carbonyl (C=O) groups excluding carboxylic acids is 1. The van der Waals surface area contributed by atoms with Gasteiger partial charge in [0.25, 0.3) is 0 Å². The van der Waals surface area contributed by atoms with E-state index in [1.54, 1.807) is 24.5 Å². The van der Waals surface area contributed by atoms with E-state index in [-0.39, 0.29) is 10.9 Å². The number of nitrogens with one attached hydrogen (secondary N) is 2. The van der Waals surface area contributed by atoms with Crippen LogP contribution in [0.15, 0.2) is 52.2 Å². The molecule has 0 bridgehead atoms. The number of anilines is 1. The number of likely N-dealkylation sites (N-methyl/N-ethyl adjacent to an activating group) is 1. The molecule has 1 aromatic carbocycles. The van der Waals surface area contributed by atoms with Gasteiger partial charge in [-0.05, 0) is 37.4 Å². The van der Waals surface area contributed by atoms with E-state index in [0.29, 0.717) is 25.3 Å². The summed E-state index contributed by atoms with van der Waals surface area (Å²) in [7, 11) is -1.53. The number of benzene rings is 1. The molecule has 140 valence electrons. The monoisotopic (exact) mass is 378 g/mol. The second-order valence-corrected chi connectivity index (χ2v) is 8.11. The van der Waals surface area contributed by atoms with Crippen LogP contribution in [0.1, 0.15) is 5.56 Å². The third-order valence-electron chi connectivity index (χ3n) is 4.25. The molecule has 0 atom stereocenters. The molecule has 1 aliphatic heterocycles. The van der Waals surface area contributed by atoms with Gasteiger partial charge in [-0.3, -0.25) is 0 Å². The zero-order chi connectivity index (χ0) is 18.6. The number of furan rings is 1. The van der Waals surface area contributed by atoms with E-state index in [2.05, 4.69) is 15.5 Å². The van der Waals surface area contributed by atoms with E-state index < -0.39 is 10.0 Å². The molecule has 9 heteroatoms. The topological polar surface area (TPSA) is 94.9 Å². The van der Waals surface area contributed by atoms with Gasteiger partial charge in [0.1, 0.15) is 0 Å². The van der Waals surface area contributed by atoms with Crippen LogP contribution in [0.2, 0.25) is 0 Å².